The zero-order valence-electron chi connectivity index (χ0n) is 13.4. The van der Waals surface area contributed by atoms with E-state index in [-0.39, 0.29) is 0 Å². The lowest BCUT2D eigenvalue weighted by Crippen LogP contribution is -2.28. The Hall–Kier alpha value is -2.47. The third-order valence-corrected chi connectivity index (χ3v) is 5.23. The lowest BCUT2D eigenvalue weighted by Gasteiger charge is -2.27. The highest BCUT2D eigenvalue weighted by Gasteiger charge is 2.12. The van der Waals surface area contributed by atoms with Gasteiger partial charge in [-0.25, -0.2) is 0 Å². The quantitative estimate of drug-likeness (QED) is 0.679. The topological polar surface area (TPSA) is 46.3 Å². The molecule has 0 amide bonds. The van der Waals surface area contributed by atoms with Crippen molar-refractivity contribution in [3.8, 4) is 11.4 Å². The van der Waals surface area contributed by atoms with E-state index >= 15 is 0 Å². The first kappa shape index (κ1) is 15.1. The van der Waals surface area contributed by atoms with E-state index in [1.807, 2.05) is 36.5 Å². The second-order valence-corrected chi connectivity index (χ2v) is 6.93. The van der Waals surface area contributed by atoms with Crippen molar-refractivity contribution in [1.29, 1.82) is 0 Å². The fourth-order valence-electron chi connectivity index (χ4n) is 2.91. The van der Waals surface area contributed by atoms with Gasteiger partial charge in [-0.15, -0.1) is 21.5 Å². The monoisotopic (exact) mass is 337 g/mol. The largest absolute Gasteiger partial charge is 0.363 e. The number of piperidine rings is 1. The number of aromatic nitrogens is 3. The van der Waals surface area contributed by atoms with Crippen molar-refractivity contribution in [2.75, 3.05) is 18.0 Å². The molecule has 1 aliphatic heterocycles. The second-order valence-electron chi connectivity index (χ2n) is 5.83. The van der Waals surface area contributed by atoms with Gasteiger partial charge in [0.25, 0.3) is 0 Å². The van der Waals surface area contributed by atoms with Gasteiger partial charge < -0.3 is 4.90 Å². The zero-order chi connectivity index (χ0) is 16.2. The molecular weight excluding hydrogens is 318 g/mol. The first-order valence-corrected chi connectivity index (χ1v) is 9.06. The minimum Gasteiger partial charge on any atom is -0.363 e. The van der Waals surface area contributed by atoms with Gasteiger partial charge in [-0.3, -0.25) is 0 Å². The number of rotatable bonds is 4. The Labute approximate surface area is 145 Å². The van der Waals surface area contributed by atoms with Crippen LogP contribution in [0.25, 0.3) is 11.4 Å². The van der Waals surface area contributed by atoms with Crippen LogP contribution in [0.4, 0.5) is 5.00 Å². The van der Waals surface area contributed by atoms with Gasteiger partial charge in [-0.2, -0.15) is 9.78 Å². The molecule has 5 nitrogen and oxygen atoms in total. The van der Waals surface area contributed by atoms with Crippen LogP contribution in [0.5, 0.6) is 0 Å². The molecule has 3 aromatic rings. The summed E-state index contributed by atoms with van der Waals surface area (Å²) >= 11 is 1.79. The number of hydrogen-bond donors (Lipinski definition) is 0. The van der Waals surface area contributed by atoms with Crippen LogP contribution in [0.3, 0.4) is 0 Å². The summed E-state index contributed by atoms with van der Waals surface area (Å²) < 4.78 is 1.72. The normalized spacial score (nSPS) is 15.2. The molecule has 0 unspecified atom stereocenters. The molecule has 0 N–H and O–H groups in total. The molecule has 0 aliphatic carbocycles. The molecule has 0 spiro atoms. The van der Waals surface area contributed by atoms with Gasteiger partial charge in [-0.05, 0) is 31.4 Å². The summed E-state index contributed by atoms with van der Waals surface area (Å²) in [6.45, 7) is 2.33. The average molecular weight is 337 g/mol. The van der Waals surface area contributed by atoms with E-state index in [0.717, 1.165) is 16.3 Å². The lowest BCUT2D eigenvalue weighted by atomic mass is 10.1. The summed E-state index contributed by atoms with van der Waals surface area (Å²) in [6, 6.07) is 14.3. The van der Waals surface area contributed by atoms with Gasteiger partial charge in [0.15, 0.2) is 5.82 Å². The van der Waals surface area contributed by atoms with Crippen molar-refractivity contribution >= 4 is 22.6 Å². The van der Waals surface area contributed by atoms with E-state index in [2.05, 4.69) is 32.3 Å². The molecular formula is C18H19N5S. The van der Waals surface area contributed by atoms with E-state index in [4.69, 9.17) is 0 Å². The maximum Gasteiger partial charge on any atom is 0.184 e. The minimum absolute atomic E-state index is 0.750. The molecule has 1 saturated heterocycles. The maximum atomic E-state index is 4.53. The van der Waals surface area contributed by atoms with Gasteiger partial charge in [0, 0.05) is 23.5 Å². The summed E-state index contributed by atoms with van der Waals surface area (Å²) in [5.41, 5.74) is 1.01. The fraction of sp³-hybridized carbons (Fsp3) is 0.278. The van der Waals surface area contributed by atoms with E-state index < -0.39 is 0 Å². The van der Waals surface area contributed by atoms with Crippen molar-refractivity contribution < 1.29 is 0 Å². The molecule has 1 aliphatic rings. The highest BCUT2D eigenvalue weighted by Crippen LogP contribution is 2.27. The van der Waals surface area contributed by atoms with Gasteiger partial charge in [0.05, 0.1) is 11.2 Å². The van der Waals surface area contributed by atoms with E-state index in [1.165, 1.54) is 37.4 Å². The third-order valence-electron chi connectivity index (χ3n) is 4.15. The van der Waals surface area contributed by atoms with Crippen LogP contribution in [-0.4, -0.2) is 34.2 Å². The fourth-order valence-corrected chi connectivity index (χ4v) is 3.83. The third kappa shape index (κ3) is 3.23. The zero-order valence-corrected chi connectivity index (χ0v) is 14.2. The van der Waals surface area contributed by atoms with Crippen LogP contribution < -0.4 is 4.90 Å². The minimum atomic E-state index is 0.750. The SMILES string of the molecule is C(=N/n1cnnc1-c1ccccc1)/c1ccc(N2CCCCC2)s1. The van der Waals surface area contributed by atoms with Crippen LogP contribution >= 0.6 is 11.3 Å². The molecule has 0 radical (unpaired) electrons. The highest BCUT2D eigenvalue weighted by atomic mass is 32.1. The molecule has 1 fully saturated rings. The summed E-state index contributed by atoms with van der Waals surface area (Å²) in [6.07, 6.45) is 7.46. The van der Waals surface area contributed by atoms with Crippen molar-refractivity contribution in [1.82, 2.24) is 14.9 Å². The predicted molar refractivity (Wildman–Crippen MR) is 98.8 cm³/mol. The standard InChI is InChI=1S/C18H19N5S/c1-3-7-15(8-4-1)18-21-19-14-23(18)20-13-16-9-10-17(24-16)22-11-5-2-6-12-22/h1,3-4,7-10,13-14H,2,5-6,11-12H2/b20-13-. The van der Waals surface area contributed by atoms with Crippen molar-refractivity contribution in [3.05, 3.63) is 53.7 Å². The molecule has 2 aromatic heterocycles. The van der Waals surface area contributed by atoms with E-state index in [1.54, 1.807) is 22.3 Å². The number of hydrogen-bond acceptors (Lipinski definition) is 5. The Balaban J connectivity index is 1.52. The lowest BCUT2D eigenvalue weighted by molar-refractivity contribution is 0.580. The molecule has 1 aromatic carbocycles. The number of benzene rings is 1. The average Bonchev–Trinajstić information content (AvgIpc) is 3.31. The summed E-state index contributed by atoms with van der Waals surface area (Å²) in [5.74, 6) is 0.750. The Morgan fingerprint density at radius 2 is 1.83 bits per heavy atom. The van der Waals surface area contributed by atoms with Gasteiger partial charge in [0.1, 0.15) is 6.33 Å². The molecule has 0 atom stereocenters. The number of nitrogens with zero attached hydrogens (tertiary/aromatic N) is 5. The highest BCUT2D eigenvalue weighted by molar-refractivity contribution is 7.17. The van der Waals surface area contributed by atoms with Gasteiger partial charge in [0.2, 0.25) is 0 Å². The first-order valence-electron chi connectivity index (χ1n) is 8.25. The van der Waals surface area contributed by atoms with Gasteiger partial charge >= 0.3 is 0 Å². The predicted octanol–water partition coefficient (Wildman–Crippen LogP) is 3.88. The van der Waals surface area contributed by atoms with Crippen LogP contribution in [0.1, 0.15) is 24.1 Å². The van der Waals surface area contributed by atoms with Crippen LogP contribution in [0.15, 0.2) is 53.9 Å². The molecule has 3 heterocycles. The Bertz CT molecular complexity index is 815. The molecule has 0 bridgehead atoms. The van der Waals surface area contributed by atoms with Crippen LogP contribution in [0.2, 0.25) is 0 Å². The van der Waals surface area contributed by atoms with Crippen molar-refractivity contribution in [2.24, 2.45) is 5.10 Å². The maximum absolute atomic E-state index is 4.53. The molecule has 0 saturated carbocycles. The molecule has 6 heteroatoms. The second kappa shape index (κ2) is 6.97. The smallest absolute Gasteiger partial charge is 0.184 e. The molecule has 122 valence electrons. The summed E-state index contributed by atoms with van der Waals surface area (Å²) in [4.78, 5) is 3.61. The van der Waals surface area contributed by atoms with Crippen LogP contribution in [-0.2, 0) is 0 Å². The van der Waals surface area contributed by atoms with E-state index in [9.17, 15) is 0 Å². The van der Waals surface area contributed by atoms with Crippen molar-refractivity contribution in [2.45, 2.75) is 19.3 Å². The van der Waals surface area contributed by atoms with Gasteiger partial charge in [-0.1, -0.05) is 30.3 Å². The summed E-state index contributed by atoms with van der Waals surface area (Å²) in [5, 5.41) is 14.0. The Morgan fingerprint density at radius 1 is 1.00 bits per heavy atom. The Morgan fingerprint density at radius 3 is 2.67 bits per heavy atom. The molecule has 4 rings (SSSR count). The number of anilines is 1. The molecule has 24 heavy (non-hydrogen) atoms. The Kier molecular flexibility index (Phi) is 4.38. The number of thiophene rings is 1. The summed E-state index contributed by atoms with van der Waals surface area (Å²) in [7, 11) is 0. The van der Waals surface area contributed by atoms with E-state index in [0.29, 0.717) is 0 Å². The first-order chi connectivity index (χ1) is 11.9. The van der Waals surface area contributed by atoms with Crippen molar-refractivity contribution in [3.63, 3.8) is 0 Å². The van der Waals surface area contributed by atoms with Crippen LogP contribution in [0, 0.1) is 0 Å².